The highest BCUT2D eigenvalue weighted by molar-refractivity contribution is 7.91. The molecule has 158 valence electrons. The predicted octanol–water partition coefficient (Wildman–Crippen LogP) is 2.32. The molecule has 0 spiro atoms. The Bertz CT molecular complexity index is 1140. The Labute approximate surface area is 175 Å². The van der Waals surface area contributed by atoms with Crippen LogP contribution in [0.3, 0.4) is 0 Å². The Kier molecular flexibility index (Phi) is 5.80. The van der Waals surface area contributed by atoms with Crippen LogP contribution in [-0.2, 0) is 21.7 Å². The molecule has 8 nitrogen and oxygen atoms in total. The molecule has 1 aliphatic rings. The third kappa shape index (κ3) is 4.21. The van der Waals surface area contributed by atoms with Gasteiger partial charge >= 0.3 is 0 Å². The van der Waals surface area contributed by atoms with E-state index in [4.69, 9.17) is 0 Å². The molecule has 3 heterocycles. The zero-order valence-electron chi connectivity index (χ0n) is 16.9. The molecule has 2 aromatic heterocycles. The molecular weight excluding hydrogens is 402 g/mol. The van der Waals surface area contributed by atoms with Crippen molar-refractivity contribution < 1.29 is 13.2 Å². The van der Waals surface area contributed by atoms with Crippen LogP contribution in [0.5, 0.6) is 0 Å². The molecular formula is C21H25N5O3S. The van der Waals surface area contributed by atoms with E-state index >= 15 is 0 Å². The van der Waals surface area contributed by atoms with Crippen LogP contribution in [0.1, 0.15) is 37.3 Å². The van der Waals surface area contributed by atoms with Crippen LogP contribution in [-0.4, -0.2) is 57.8 Å². The minimum Gasteiger partial charge on any atom is -0.342 e. The first-order valence-electron chi connectivity index (χ1n) is 10.1. The highest BCUT2D eigenvalue weighted by Gasteiger charge is 2.28. The van der Waals surface area contributed by atoms with Gasteiger partial charge in [-0.3, -0.25) is 4.79 Å². The third-order valence-electron chi connectivity index (χ3n) is 5.55. The maximum atomic E-state index is 12.7. The quantitative estimate of drug-likeness (QED) is 0.599. The molecule has 3 aromatic rings. The maximum Gasteiger partial charge on any atom is 0.222 e. The van der Waals surface area contributed by atoms with Gasteiger partial charge in [-0.05, 0) is 31.4 Å². The smallest absolute Gasteiger partial charge is 0.222 e. The number of nitrogens with zero attached hydrogens (tertiary/aromatic N) is 5. The third-order valence-corrected chi connectivity index (χ3v) is 7.37. The minimum atomic E-state index is -3.36. The lowest BCUT2D eigenvalue weighted by Crippen LogP contribution is -2.39. The molecule has 30 heavy (non-hydrogen) atoms. The summed E-state index contributed by atoms with van der Waals surface area (Å²) < 4.78 is 26.5. The van der Waals surface area contributed by atoms with E-state index in [0.29, 0.717) is 24.4 Å². The van der Waals surface area contributed by atoms with E-state index in [1.807, 2.05) is 11.9 Å². The second-order valence-corrected chi connectivity index (χ2v) is 9.76. The average Bonchev–Trinajstić information content (AvgIpc) is 3.11. The Morgan fingerprint density at radius 3 is 2.73 bits per heavy atom. The summed E-state index contributed by atoms with van der Waals surface area (Å²) in [6.07, 6.45) is 5.67. The molecule has 0 radical (unpaired) electrons. The van der Waals surface area contributed by atoms with E-state index in [-0.39, 0.29) is 24.0 Å². The van der Waals surface area contributed by atoms with Crippen molar-refractivity contribution in [3.63, 3.8) is 0 Å². The first kappa shape index (κ1) is 20.5. The number of fused-ring (bicyclic) bond motifs is 1. The van der Waals surface area contributed by atoms with Crippen molar-refractivity contribution >= 4 is 26.9 Å². The van der Waals surface area contributed by atoms with Gasteiger partial charge in [0.2, 0.25) is 5.91 Å². The number of likely N-dealkylation sites (tertiary alicyclic amines) is 1. The van der Waals surface area contributed by atoms with Gasteiger partial charge in [0, 0.05) is 44.9 Å². The largest absolute Gasteiger partial charge is 0.342 e. The SMILES string of the molecule is Cn1nc(C2CCCN(C(=O)CCCS(=O)(=O)c3ccccc3)C2)c2nccnc21. The normalized spacial score (nSPS) is 17.4. The van der Waals surface area contributed by atoms with Gasteiger partial charge in [0.15, 0.2) is 15.5 Å². The van der Waals surface area contributed by atoms with Gasteiger partial charge in [-0.15, -0.1) is 0 Å². The number of benzene rings is 1. The summed E-state index contributed by atoms with van der Waals surface area (Å²) >= 11 is 0. The fourth-order valence-corrected chi connectivity index (χ4v) is 5.36. The summed E-state index contributed by atoms with van der Waals surface area (Å²) in [5.41, 5.74) is 2.40. The fraction of sp³-hybridized carbons (Fsp3) is 0.429. The summed E-state index contributed by atoms with van der Waals surface area (Å²) in [4.78, 5) is 23.7. The van der Waals surface area contributed by atoms with Crippen molar-refractivity contribution in [2.24, 2.45) is 7.05 Å². The van der Waals surface area contributed by atoms with Crippen LogP contribution in [0.4, 0.5) is 0 Å². The summed E-state index contributed by atoms with van der Waals surface area (Å²) in [7, 11) is -1.51. The van der Waals surface area contributed by atoms with E-state index < -0.39 is 9.84 Å². The van der Waals surface area contributed by atoms with E-state index in [1.54, 1.807) is 47.4 Å². The van der Waals surface area contributed by atoms with E-state index in [2.05, 4.69) is 15.1 Å². The van der Waals surface area contributed by atoms with Gasteiger partial charge in [-0.1, -0.05) is 18.2 Å². The van der Waals surface area contributed by atoms with Crippen LogP contribution in [0.25, 0.3) is 11.2 Å². The molecule has 0 bridgehead atoms. The molecule has 0 N–H and O–H groups in total. The van der Waals surface area contributed by atoms with Crippen molar-refractivity contribution in [2.45, 2.75) is 36.5 Å². The van der Waals surface area contributed by atoms with E-state index in [0.717, 1.165) is 29.7 Å². The summed E-state index contributed by atoms with van der Waals surface area (Å²) in [5, 5.41) is 4.61. The van der Waals surface area contributed by atoms with Crippen molar-refractivity contribution in [1.82, 2.24) is 24.6 Å². The van der Waals surface area contributed by atoms with E-state index in [1.165, 1.54) is 0 Å². The second kappa shape index (κ2) is 8.51. The van der Waals surface area contributed by atoms with Crippen LogP contribution in [0, 0.1) is 0 Å². The first-order chi connectivity index (χ1) is 14.5. The summed E-state index contributed by atoms with van der Waals surface area (Å²) in [5.74, 6) is 0.0750. The predicted molar refractivity (Wildman–Crippen MR) is 113 cm³/mol. The van der Waals surface area contributed by atoms with Crippen LogP contribution < -0.4 is 0 Å². The van der Waals surface area contributed by atoms with Gasteiger partial charge in [0.05, 0.1) is 16.3 Å². The van der Waals surface area contributed by atoms with Crippen molar-refractivity contribution in [1.29, 1.82) is 0 Å². The standard InChI is InChI=1S/C21H25N5O3S/c1-25-21-20(22-11-12-23-21)19(24-25)16-7-5-13-26(15-16)18(27)10-6-14-30(28,29)17-8-3-2-4-9-17/h2-4,8-9,11-12,16H,5-7,10,13-15H2,1H3. The lowest BCUT2D eigenvalue weighted by atomic mass is 9.94. The molecule has 0 aliphatic carbocycles. The van der Waals surface area contributed by atoms with Crippen molar-refractivity contribution in [2.75, 3.05) is 18.8 Å². The number of aromatic nitrogens is 4. The highest BCUT2D eigenvalue weighted by Crippen LogP contribution is 2.30. The monoisotopic (exact) mass is 427 g/mol. The number of piperidine rings is 1. The van der Waals surface area contributed by atoms with Crippen LogP contribution in [0.15, 0.2) is 47.6 Å². The van der Waals surface area contributed by atoms with Gasteiger partial charge in [-0.25, -0.2) is 23.1 Å². The molecule has 1 fully saturated rings. The van der Waals surface area contributed by atoms with Crippen molar-refractivity contribution in [3.8, 4) is 0 Å². The number of sulfone groups is 1. The number of rotatable bonds is 6. The molecule has 1 aliphatic heterocycles. The second-order valence-electron chi connectivity index (χ2n) is 7.65. The van der Waals surface area contributed by atoms with Crippen LogP contribution in [0.2, 0.25) is 0 Å². The number of carbonyl (C=O) groups is 1. The Hall–Kier alpha value is -2.81. The van der Waals surface area contributed by atoms with Gasteiger partial charge in [0.25, 0.3) is 0 Å². The summed E-state index contributed by atoms with van der Waals surface area (Å²) in [6.45, 7) is 1.27. The lowest BCUT2D eigenvalue weighted by Gasteiger charge is -2.32. The highest BCUT2D eigenvalue weighted by atomic mass is 32.2. The Balaban J connectivity index is 1.38. The zero-order chi connectivity index (χ0) is 21.1. The van der Waals surface area contributed by atoms with Gasteiger partial charge < -0.3 is 4.90 Å². The minimum absolute atomic E-state index is 0.00529. The fourth-order valence-electron chi connectivity index (χ4n) is 4.02. The molecule has 1 unspecified atom stereocenters. The topological polar surface area (TPSA) is 98.1 Å². The average molecular weight is 428 g/mol. The molecule has 0 saturated carbocycles. The molecule has 4 rings (SSSR count). The number of hydrogen-bond acceptors (Lipinski definition) is 6. The lowest BCUT2D eigenvalue weighted by molar-refractivity contribution is -0.132. The van der Waals surface area contributed by atoms with E-state index in [9.17, 15) is 13.2 Å². The van der Waals surface area contributed by atoms with Gasteiger partial charge in [0.1, 0.15) is 5.52 Å². The Morgan fingerprint density at radius 2 is 1.93 bits per heavy atom. The van der Waals surface area contributed by atoms with Gasteiger partial charge in [-0.2, -0.15) is 5.10 Å². The van der Waals surface area contributed by atoms with Crippen molar-refractivity contribution in [3.05, 3.63) is 48.4 Å². The zero-order valence-corrected chi connectivity index (χ0v) is 17.8. The number of amides is 1. The molecule has 9 heteroatoms. The summed E-state index contributed by atoms with van der Waals surface area (Å²) in [6, 6.07) is 8.37. The number of aryl methyl sites for hydroxylation is 1. The number of hydrogen-bond donors (Lipinski definition) is 0. The molecule has 1 amide bonds. The molecule has 1 aromatic carbocycles. The molecule has 1 saturated heterocycles. The number of carbonyl (C=O) groups excluding carboxylic acids is 1. The molecule has 1 atom stereocenters. The van der Waals surface area contributed by atoms with Crippen LogP contribution >= 0.6 is 0 Å². The maximum absolute atomic E-state index is 12.7. The Morgan fingerprint density at radius 1 is 1.17 bits per heavy atom. The first-order valence-corrected chi connectivity index (χ1v) is 11.8.